The molecule has 2 aliphatic rings. The third-order valence-corrected chi connectivity index (χ3v) is 7.59. The van der Waals surface area contributed by atoms with E-state index in [1.807, 2.05) is 18.2 Å². The van der Waals surface area contributed by atoms with Gasteiger partial charge in [-0.05, 0) is 63.9 Å². The molecule has 4 heterocycles. The van der Waals surface area contributed by atoms with E-state index in [1.165, 1.54) is 18.3 Å². The van der Waals surface area contributed by atoms with Crippen molar-refractivity contribution >= 4 is 23.4 Å². The molecule has 2 aromatic heterocycles. The van der Waals surface area contributed by atoms with Crippen LogP contribution in [-0.2, 0) is 20.9 Å². The summed E-state index contributed by atoms with van der Waals surface area (Å²) in [5.74, 6) is -0.118. The smallest absolute Gasteiger partial charge is 0.359 e. The number of piperidine rings is 1. The number of aromatic nitrogens is 2. The molecule has 0 spiro atoms. The van der Waals surface area contributed by atoms with E-state index in [1.54, 1.807) is 63.1 Å². The van der Waals surface area contributed by atoms with Crippen molar-refractivity contribution in [3.05, 3.63) is 89.0 Å². The van der Waals surface area contributed by atoms with Gasteiger partial charge in [-0.1, -0.05) is 17.7 Å². The van der Waals surface area contributed by atoms with Gasteiger partial charge in [-0.15, -0.1) is 0 Å². The lowest BCUT2D eigenvalue weighted by Gasteiger charge is -2.43. The van der Waals surface area contributed by atoms with Crippen molar-refractivity contribution in [1.82, 2.24) is 15.3 Å². The van der Waals surface area contributed by atoms with Gasteiger partial charge in [0.15, 0.2) is 11.9 Å². The highest BCUT2D eigenvalue weighted by molar-refractivity contribution is 5.94. The predicted molar refractivity (Wildman–Crippen MR) is 169 cm³/mol. The molecule has 1 amide bonds. The first-order chi connectivity index (χ1) is 22.0. The topological polar surface area (TPSA) is 130 Å². The van der Waals surface area contributed by atoms with Crippen molar-refractivity contribution in [2.75, 3.05) is 36.5 Å². The molecule has 2 atom stereocenters. The number of nitrogens with one attached hydrogen (secondary N) is 1. The molecule has 0 bridgehead atoms. The summed E-state index contributed by atoms with van der Waals surface area (Å²) in [7, 11) is 1.79. The Morgan fingerprint density at radius 3 is 2.65 bits per heavy atom. The molecule has 0 aliphatic carbocycles. The van der Waals surface area contributed by atoms with Crippen LogP contribution in [0.15, 0.2) is 66.4 Å². The fourth-order valence-corrected chi connectivity index (χ4v) is 5.20. The van der Waals surface area contributed by atoms with Crippen LogP contribution in [0.2, 0.25) is 0 Å². The highest BCUT2D eigenvalue weighted by Gasteiger charge is 2.38. The third-order valence-electron chi connectivity index (χ3n) is 7.59. The summed E-state index contributed by atoms with van der Waals surface area (Å²) < 4.78 is 31.2. The maximum absolute atomic E-state index is 14.2. The maximum atomic E-state index is 14.2. The minimum absolute atomic E-state index is 0.00812. The second kappa shape index (κ2) is 14.0. The number of hydrogen-bond donors (Lipinski definition) is 1. The van der Waals surface area contributed by atoms with Crippen molar-refractivity contribution in [2.24, 2.45) is 0 Å². The Kier molecular flexibility index (Phi) is 9.82. The molecule has 2 saturated heterocycles. The Hall–Kier alpha value is -5.02. The number of carbonyl (C=O) groups excluding carboxylic acids is 2. The van der Waals surface area contributed by atoms with E-state index in [-0.39, 0.29) is 29.8 Å². The van der Waals surface area contributed by atoms with E-state index in [0.717, 1.165) is 11.4 Å². The van der Waals surface area contributed by atoms with Crippen molar-refractivity contribution in [1.29, 1.82) is 5.26 Å². The highest BCUT2D eigenvalue weighted by Crippen LogP contribution is 2.28. The number of anilines is 2. The zero-order chi connectivity index (χ0) is 32.8. The lowest BCUT2D eigenvalue weighted by Crippen LogP contribution is -2.62. The van der Waals surface area contributed by atoms with Crippen LogP contribution in [0.5, 0.6) is 5.88 Å². The van der Waals surface area contributed by atoms with E-state index >= 15 is 0 Å². The molecule has 0 radical (unpaired) electrons. The normalized spacial score (nSPS) is 17.7. The summed E-state index contributed by atoms with van der Waals surface area (Å²) in [4.78, 5) is 38.5. The lowest BCUT2D eigenvalue weighted by atomic mass is 10.0. The first kappa shape index (κ1) is 32.4. The fraction of sp³-hybridized carbons (Fsp3) is 0.382. The molecule has 1 aromatic carbocycles. The van der Waals surface area contributed by atoms with E-state index in [4.69, 9.17) is 19.5 Å². The molecule has 46 heavy (non-hydrogen) atoms. The first-order valence-electron chi connectivity index (χ1n) is 15.1. The standard InChI is InChI=1S/C34H37FN6O5/c1-34(2,3)46-33(43)31-27(7-6-14-37-31)40(4)32-26(21-45-32)38-29(42)18-22-12-15-41(16-13-22)28-8-5-9-30(39-28)44-20-24-11-10-23(19-36)17-25(24)35/h5-11,14,17-18,26,32H,12-13,15-16,20-21H2,1-4H3,(H,38,42)/t26?,32-/m0/s1. The Morgan fingerprint density at radius 2 is 1.98 bits per heavy atom. The van der Waals surface area contributed by atoms with Crippen LogP contribution in [-0.4, -0.2) is 66.5 Å². The fourth-order valence-electron chi connectivity index (χ4n) is 5.20. The molecule has 240 valence electrons. The molecule has 1 N–H and O–H groups in total. The number of benzene rings is 1. The molecule has 5 rings (SSSR count). The molecule has 0 saturated carbocycles. The van der Waals surface area contributed by atoms with Gasteiger partial charge >= 0.3 is 5.97 Å². The number of amides is 1. The summed E-state index contributed by atoms with van der Waals surface area (Å²) in [6, 6.07) is 14.9. The van der Waals surface area contributed by atoms with Crippen LogP contribution >= 0.6 is 0 Å². The quantitative estimate of drug-likeness (QED) is 0.267. The second-order valence-electron chi connectivity index (χ2n) is 12.2. The molecular formula is C34H37FN6O5. The van der Waals surface area contributed by atoms with E-state index in [9.17, 15) is 14.0 Å². The molecule has 1 unspecified atom stereocenters. The number of nitrogens with zero attached hydrogens (tertiary/aromatic N) is 5. The summed E-state index contributed by atoms with van der Waals surface area (Å²) in [6.07, 6.45) is 4.11. The van der Waals surface area contributed by atoms with Crippen LogP contribution in [0, 0.1) is 17.1 Å². The molecular weight excluding hydrogens is 591 g/mol. The number of pyridine rings is 2. The number of likely N-dealkylation sites (N-methyl/N-ethyl adjacent to an activating group) is 1. The largest absolute Gasteiger partial charge is 0.473 e. The van der Waals surface area contributed by atoms with Crippen LogP contribution < -0.4 is 19.9 Å². The Morgan fingerprint density at radius 1 is 1.20 bits per heavy atom. The number of carbonyl (C=O) groups is 2. The number of rotatable bonds is 9. The van der Waals surface area contributed by atoms with Crippen LogP contribution in [0.3, 0.4) is 0 Å². The SMILES string of the molecule is CN(c1cccnc1C(=O)OC(C)(C)C)[C@H]1OCC1NC(=O)C=C1CCN(c2cccc(OCc3ccc(C#N)cc3F)n2)CC1. The lowest BCUT2D eigenvalue weighted by molar-refractivity contribution is -0.127. The van der Waals surface area contributed by atoms with Gasteiger partial charge in [0.25, 0.3) is 0 Å². The average Bonchev–Trinajstić information content (AvgIpc) is 3.02. The van der Waals surface area contributed by atoms with Crippen molar-refractivity contribution in [3.63, 3.8) is 0 Å². The van der Waals surface area contributed by atoms with Crippen molar-refractivity contribution < 1.29 is 28.2 Å². The summed E-state index contributed by atoms with van der Waals surface area (Å²) in [5, 5.41) is 12.0. The highest BCUT2D eigenvalue weighted by atomic mass is 19.1. The van der Waals surface area contributed by atoms with E-state index in [2.05, 4.69) is 20.2 Å². The number of halogens is 1. The van der Waals surface area contributed by atoms with Crippen molar-refractivity contribution in [2.45, 2.75) is 58.1 Å². The van der Waals surface area contributed by atoms with Gasteiger partial charge in [-0.3, -0.25) is 4.79 Å². The number of nitriles is 1. The molecule has 11 nitrogen and oxygen atoms in total. The number of esters is 1. The summed E-state index contributed by atoms with van der Waals surface area (Å²) in [5.41, 5.74) is 1.69. The minimum Gasteiger partial charge on any atom is -0.473 e. The summed E-state index contributed by atoms with van der Waals surface area (Å²) >= 11 is 0. The zero-order valence-corrected chi connectivity index (χ0v) is 26.3. The van der Waals surface area contributed by atoms with Crippen LogP contribution in [0.4, 0.5) is 15.9 Å². The number of ether oxygens (including phenoxy) is 3. The average molecular weight is 629 g/mol. The zero-order valence-electron chi connectivity index (χ0n) is 26.3. The van der Waals surface area contributed by atoms with Crippen LogP contribution in [0.1, 0.15) is 55.2 Å². The third kappa shape index (κ3) is 7.97. The van der Waals surface area contributed by atoms with E-state index in [0.29, 0.717) is 49.7 Å². The van der Waals surface area contributed by atoms with Gasteiger partial charge in [0.2, 0.25) is 11.8 Å². The molecule has 3 aromatic rings. The van der Waals surface area contributed by atoms with Gasteiger partial charge in [-0.2, -0.15) is 10.2 Å². The Balaban J connectivity index is 1.13. The molecule has 12 heteroatoms. The Labute approximate surface area is 267 Å². The second-order valence-corrected chi connectivity index (χ2v) is 12.2. The van der Waals surface area contributed by atoms with Gasteiger partial charge in [0.1, 0.15) is 23.8 Å². The molecule has 2 aliphatic heterocycles. The Bertz CT molecular complexity index is 1660. The monoisotopic (exact) mass is 628 g/mol. The maximum Gasteiger partial charge on any atom is 0.359 e. The first-order valence-corrected chi connectivity index (χ1v) is 15.1. The van der Waals surface area contributed by atoms with Gasteiger partial charge in [0.05, 0.1) is 30.0 Å². The molecule has 2 fully saturated rings. The predicted octanol–water partition coefficient (Wildman–Crippen LogP) is 4.53. The summed E-state index contributed by atoms with van der Waals surface area (Å²) in [6.45, 7) is 7.08. The minimum atomic E-state index is -0.664. The van der Waals surface area contributed by atoms with Gasteiger partial charge in [0, 0.05) is 44.0 Å². The van der Waals surface area contributed by atoms with Gasteiger partial charge < -0.3 is 29.3 Å². The van der Waals surface area contributed by atoms with Crippen molar-refractivity contribution in [3.8, 4) is 11.9 Å². The number of hydrogen-bond acceptors (Lipinski definition) is 10. The van der Waals surface area contributed by atoms with E-state index < -0.39 is 23.6 Å². The van der Waals surface area contributed by atoms with Gasteiger partial charge in [-0.25, -0.2) is 14.2 Å². The van der Waals surface area contributed by atoms with Crippen LogP contribution in [0.25, 0.3) is 0 Å².